The molecule has 1 aliphatic heterocycles. The number of rotatable bonds is 3. The maximum absolute atomic E-state index is 12.7. The van der Waals surface area contributed by atoms with Gasteiger partial charge in [-0.3, -0.25) is 9.36 Å². The van der Waals surface area contributed by atoms with Gasteiger partial charge in [0.15, 0.2) is 0 Å². The van der Waals surface area contributed by atoms with Gasteiger partial charge in [-0.15, -0.1) is 0 Å². The molecule has 124 valence electrons. The second-order valence-corrected chi connectivity index (χ2v) is 6.03. The van der Waals surface area contributed by atoms with E-state index in [0.29, 0.717) is 5.82 Å². The number of pyridine rings is 1. The highest BCUT2D eigenvalue weighted by Crippen LogP contribution is 2.41. The Morgan fingerprint density at radius 2 is 1.52 bits per heavy atom. The summed E-state index contributed by atoms with van der Waals surface area (Å²) in [5.74, 6) is -0.589. The van der Waals surface area contributed by atoms with Crippen LogP contribution in [0.15, 0.2) is 77.6 Å². The van der Waals surface area contributed by atoms with E-state index in [2.05, 4.69) is 5.32 Å². The van der Waals surface area contributed by atoms with Crippen molar-refractivity contribution in [3.8, 4) is 0 Å². The molecule has 5 nitrogen and oxygen atoms in total. The van der Waals surface area contributed by atoms with Crippen LogP contribution < -0.4 is 10.9 Å². The predicted molar refractivity (Wildman–Crippen MR) is 95.0 cm³/mol. The van der Waals surface area contributed by atoms with E-state index in [9.17, 15) is 14.7 Å². The molecule has 0 aliphatic carbocycles. The molecule has 0 saturated carbocycles. The van der Waals surface area contributed by atoms with Crippen LogP contribution in [0.3, 0.4) is 0 Å². The summed E-state index contributed by atoms with van der Waals surface area (Å²) in [7, 11) is 0. The lowest BCUT2D eigenvalue weighted by molar-refractivity contribution is 0.0696. The zero-order valence-corrected chi connectivity index (χ0v) is 13.3. The first-order valence-electron chi connectivity index (χ1n) is 8.01. The van der Waals surface area contributed by atoms with Gasteiger partial charge in [-0.1, -0.05) is 60.7 Å². The van der Waals surface area contributed by atoms with Crippen LogP contribution in [0.1, 0.15) is 33.6 Å². The van der Waals surface area contributed by atoms with Crippen molar-refractivity contribution in [2.45, 2.75) is 12.1 Å². The maximum atomic E-state index is 12.7. The first-order valence-corrected chi connectivity index (χ1v) is 8.01. The van der Waals surface area contributed by atoms with Gasteiger partial charge in [-0.05, 0) is 17.2 Å². The second-order valence-electron chi connectivity index (χ2n) is 6.03. The minimum absolute atomic E-state index is 0.00993. The Kier molecular flexibility index (Phi) is 3.61. The third-order valence-corrected chi connectivity index (χ3v) is 4.51. The van der Waals surface area contributed by atoms with Crippen molar-refractivity contribution in [2.24, 2.45) is 0 Å². The Bertz CT molecular complexity index is 981. The maximum Gasteiger partial charge on any atom is 0.336 e. The average Bonchev–Trinajstić information content (AvgIpc) is 3.03. The summed E-state index contributed by atoms with van der Waals surface area (Å²) < 4.78 is 1.64. The molecule has 2 atom stereocenters. The van der Waals surface area contributed by atoms with Gasteiger partial charge in [0.05, 0.1) is 17.6 Å². The van der Waals surface area contributed by atoms with Gasteiger partial charge in [0.25, 0.3) is 5.56 Å². The van der Waals surface area contributed by atoms with E-state index in [1.807, 2.05) is 60.7 Å². The molecule has 2 aromatic carbocycles. The van der Waals surface area contributed by atoms with Gasteiger partial charge in [-0.25, -0.2) is 4.79 Å². The Balaban J connectivity index is 1.91. The molecule has 2 N–H and O–H groups in total. The first-order chi connectivity index (χ1) is 12.1. The van der Waals surface area contributed by atoms with Crippen molar-refractivity contribution in [1.29, 1.82) is 0 Å². The number of aromatic nitrogens is 1. The molecule has 3 aromatic rings. The smallest absolute Gasteiger partial charge is 0.336 e. The van der Waals surface area contributed by atoms with Gasteiger partial charge < -0.3 is 10.4 Å². The van der Waals surface area contributed by atoms with Crippen LogP contribution in [0, 0.1) is 0 Å². The number of carboxylic acid groups (broad SMARTS) is 1. The van der Waals surface area contributed by atoms with Gasteiger partial charge in [0.2, 0.25) is 0 Å². The summed E-state index contributed by atoms with van der Waals surface area (Å²) in [4.78, 5) is 23.9. The largest absolute Gasteiger partial charge is 0.478 e. The van der Waals surface area contributed by atoms with Crippen LogP contribution >= 0.6 is 0 Å². The lowest BCUT2D eigenvalue weighted by Crippen LogP contribution is -2.25. The Hall–Kier alpha value is -3.34. The van der Waals surface area contributed by atoms with Crippen LogP contribution in [0.25, 0.3) is 0 Å². The van der Waals surface area contributed by atoms with Gasteiger partial charge in [-0.2, -0.15) is 0 Å². The SMILES string of the molecule is O=C(O)c1cc2n(c(=O)c1)C(c1ccccc1)C(c1ccccc1)N2. The van der Waals surface area contributed by atoms with Crippen LogP contribution in [0.5, 0.6) is 0 Å². The third kappa shape index (κ3) is 2.59. The minimum Gasteiger partial charge on any atom is -0.478 e. The molecule has 0 bridgehead atoms. The van der Waals surface area contributed by atoms with Crippen LogP contribution in [0.4, 0.5) is 5.82 Å². The van der Waals surface area contributed by atoms with Crippen molar-refractivity contribution < 1.29 is 9.90 Å². The van der Waals surface area contributed by atoms with Crippen LogP contribution in [0.2, 0.25) is 0 Å². The number of hydrogen-bond acceptors (Lipinski definition) is 3. The van der Waals surface area contributed by atoms with Gasteiger partial charge in [0.1, 0.15) is 5.82 Å². The summed E-state index contributed by atoms with van der Waals surface area (Å²) >= 11 is 0. The molecule has 2 heterocycles. The third-order valence-electron chi connectivity index (χ3n) is 4.51. The summed E-state index contributed by atoms with van der Waals surface area (Å²) in [6.45, 7) is 0. The zero-order valence-electron chi connectivity index (χ0n) is 13.3. The van der Waals surface area contributed by atoms with E-state index in [1.165, 1.54) is 12.1 Å². The average molecular weight is 332 g/mol. The van der Waals surface area contributed by atoms with Crippen LogP contribution in [-0.4, -0.2) is 15.6 Å². The number of nitrogens with zero attached hydrogens (tertiary/aromatic N) is 1. The number of hydrogen-bond donors (Lipinski definition) is 2. The first kappa shape index (κ1) is 15.2. The molecule has 1 aliphatic rings. The van der Waals surface area contributed by atoms with Gasteiger partial charge in [0, 0.05) is 6.07 Å². The van der Waals surface area contributed by atoms with E-state index < -0.39 is 5.97 Å². The topological polar surface area (TPSA) is 71.3 Å². The molecule has 0 radical (unpaired) electrons. The number of aromatic carboxylic acids is 1. The van der Waals surface area contributed by atoms with E-state index in [-0.39, 0.29) is 23.2 Å². The Morgan fingerprint density at radius 3 is 2.12 bits per heavy atom. The van der Waals surface area contributed by atoms with E-state index >= 15 is 0 Å². The fraction of sp³-hybridized carbons (Fsp3) is 0.100. The molecule has 4 rings (SSSR count). The van der Waals surface area contributed by atoms with Crippen molar-refractivity contribution in [1.82, 2.24) is 4.57 Å². The lowest BCUT2D eigenvalue weighted by atomic mass is 9.94. The number of anilines is 1. The molecule has 0 spiro atoms. The summed E-state index contributed by atoms with van der Waals surface area (Å²) in [6.07, 6.45) is 0. The zero-order chi connectivity index (χ0) is 17.4. The fourth-order valence-electron chi connectivity index (χ4n) is 3.41. The van der Waals surface area contributed by atoms with E-state index in [0.717, 1.165) is 11.1 Å². The summed E-state index contributed by atoms with van der Waals surface area (Å²) in [5.41, 5.74) is 1.70. The molecule has 5 heteroatoms. The van der Waals surface area contributed by atoms with Crippen LogP contribution in [-0.2, 0) is 0 Å². The summed E-state index contributed by atoms with van der Waals surface area (Å²) in [5, 5.41) is 12.6. The highest BCUT2D eigenvalue weighted by atomic mass is 16.4. The quantitative estimate of drug-likeness (QED) is 0.772. The molecule has 25 heavy (non-hydrogen) atoms. The molecular weight excluding hydrogens is 316 g/mol. The van der Waals surface area contributed by atoms with Gasteiger partial charge >= 0.3 is 5.97 Å². The molecule has 0 fully saturated rings. The molecule has 0 amide bonds. The minimum atomic E-state index is -1.11. The Labute approximate surface area is 144 Å². The van der Waals surface area contributed by atoms with Crippen molar-refractivity contribution >= 4 is 11.8 Å². The van der Waals surface area contributed by atoms with E-state index in [4.69, 9.17) is 0 Å². The van der Waals surface area contributed by atoms with Crippen molar-refractivity contribution in [2.75, 3.05) is 5.32 Å². The highest BCUT2D eigenvalue weighted by molar-refractivity contribution is 5.88. The van der Waals surface area contributed by atoms with E-state index in [1.54, 1.807) is 4.57 Å². The Morgan fingerprint density at radius 1 is 0.920 bits per heavy atom. The number of nitrogens with one attached hydrogen (secondary N) is 1. The summed E-state index contributed by atoms with van der Waals surface area (Å²) in [6, 6.07) is 21.9. The molecular formula is C20H16N2O3. The molecule has 1 aromatic heterocycles. The number of benzene rings is 2. The highest BCUT2D eigenvalue weighted by Gasteiger charge is 2.35. The molecule has 0 saturated heterocycles. The van der Waals surface area contributed by atoms with Crippen molar-refractivity contribution in [3.63, 3.8) is 0 Å². The standard InChI is InChI=1S/C20H16N2O3/c23-17-12-15(20(24)25)11-16-21-18(13-7-3-1-4-8-13)19(22(16)17)14-9-5-2-6-10-14/h1-12,18-19,21H,(H,24,25). The monoisotopic (exact) mass is 332 g/mol. The second kappa shape index (κ2) is 5.94. The number of fused-ring (bicyclic) bond motifs is 1. The van der Waals surface area contributed by atoms with Crippen molar-refractivity contribution in [3.05, 3.63) is 99.8 Å². The normalized spacial score (nSPS) is 18.4. The number of carboxylic acids is 1. The predicted octanol–water partition coefficient (Wildman–Crippen LogP) is 3.30. The molecule has 2 unspecified atom stereocenters. The fourth-order valence-corrected chi connectivity index (χ4v) is 3.41. The number of carbonyl (C=O) groups is 1. The lowest BCUT2D eigenvalue weighted by Gasteiger charge is -2.21.